The van der Waals surface area contributed by atoms with Crippen molar-refractivity contribution >= 4 is 0 Å². The summed E-state index contributed by atoms with van der Waals surface area (Å²) in [5.74, 6) is 1.23. The molecule has 1 saturated carbocycles. The van der Waals surface area contributed by atoms with Gasteiger partial charge in [0.2, 0.25) is 0 Å². The summed E-state index contributed by atoms with van der Waals surface area (Å²) < 4.78 is 5.37. The van der Waals surface area contributed by atoms with E-state index in [-0.39, 0.29) is 11.7 Å². The van der Waals surface area contributed by atoms with Crippen LogP contribution < -0.4 is 0 Å². The van der Waals surface area contributed by atoms with Crippen molar-refractivity contribution in [1.29, 1.82) is 0 Å². The van der Waals surface area contributed by atoms with Crippen LogP contribution in [0.15, 0.2) is 0 Å². The number of ether oxygens (including phenoxy) is 1. The van der Waals surface area contributed by atoms with Gasteiger partial charge in [0.15, 0.2) is 0 Å². The molecule has 1 aliphatic carbocycles. The number of rotatable bonds is 5. The quantitative estimate of drug-likeness (QED) is 0.762. The van der Waals surface area contributed by atoms with Gasteiger partial charge in [0, 0.05) is 7.11 Å². The second-order valence-corrected chi connectivity index (χ2v) is 5.64. The van der Waals surface area contributed by atoms with Gasteiger partial charge in [0.1, 0.15) is 0 Å². The van der Waals surface area contributed by atoms with E-state index in [4.69, 9.17) is 4.74 Å². The van der Waals surface area contributed by atoms with Gasteiger partial charge in [-0.15, -0.1) is 0 Å². The standard InChI is InChI=1S/C13H26O2/c1-10-6-5-7-11(10)12(14)8-9-13(2,3)15-4/h10-12,14H,5-9H2,1-4H3. The number of methoxy groups -OCH3 is 1. The molecule has 3 unspecified atom stereocenters. The third-order valence-electron chi connectivity index (χ3n) is 4.02. The largest absolute Gasteiger partial charge is 0.393 e. The average molecular weight is 214 g/mol. The fraction of sp³-hybridized carbons (Fsp3) is 1.00. The molecule has 2 heteroatoms. The van der Waals surface area contributed by atoms with Crippen molar-refractivity contribution in [3.05, 3.63) is 0 Å². The molecule has 0 aromatic carbocycles. The first-order valence-corrected chi connectivity index (χ1v) is 6.19. The van der Waals surface area contributed by atoms with Crippen LogP contribution in [0, 0.1) is 11.8 Å². The smallest absolute Gasteiger partial charge is 0.0623 e. The molecule has 1 N–H and O–H groups in total. The minimum Gasteiger partial charge on any atom is -0.393 e. The Morgan fingerprint density at radius 2 is 2.07 bits per heavy atom. The maximum absolute atomic E-state index is 10.1. The minimum absolute atomic E-state index is 0.0944. The fourth-order valence-electron chi connectivity index (χ4n) is 2.56. The Morgan fingerprint density at radius 1 is 1.40 bits per heavy atom. The highest BCUT2D eigenvalue weighted by Gasteiger charge is 2.30. The molecule has 0 aliphatic heterocycles. The van der Waals surface area contributed by atoms with Crippen LogP contribution in [-0.2, 0) is 4.74 Å². The molecule has 1 rings (SSSR count). The summed E-state index contributed by atoms with van der Waals surface area (Å²) in [6.07, 6.45) is 5.46. The van der Waals surface area contributed by atoms with Crippen molar-refractivity contribution in [2.24, 2.45) is 11.8 Å². The molecule has 3 atom stereocenters. The predicted molar refractivity (Wildman–Crippen MR) is 62.8 cm³/mol. The van der Waals surface area contributed by atoms with E-state index in [2.05, 4.69) is 20.8 Å². The summed E-state index contributed by atoms with van der Waals surface area (Å²) in [6.45, 7) is 6.43. The molecule has 90 valence electrons. The van der Waals surface area contributed by atoms with E-state index in [0.29, 0.717) is 11.8 Å². The van der Waals surface area contributed by atoms with Crippen molar-refractivity contribution in [2.45, 2.75) is 64.6 Å². The van der Waals surface area contributed by atoms with E-state index < -0.39 is 0 Å². The molecule has 15 heavy (non-hydrogen) atoms. The van der Waals surface area contributed by atoms with Crippen molar-refractivity contribution in [2.75, 3.05) is 7.11 Å². The van der Waals surface area contributed by atoms with Gasteiger partial charge in [0.25, 0.3) is 0 Å². The number of aliphatic hydroxyl groups is 1. The van der Waals surface area contributed by atoms with Gasteiger partial charge < -0.3 is 9.84 Å². The molecule has 0 radical (unpaired) electrons. The molecule has 0 bridgehead atoms. The van der Waals surface area contributed by atoms with Crippen LogP contribution in [0.25, 0.3) is 0 Å². The van der Waals surface area contributed by atoms with Gasteiger partial charge in [0.05, 0.1) is 11.7 Å². The van der Waals surface area contributed by atoms with Gasteiger partial charge in [-0.1, -0.05) is 19.8 Å². The van der Waals surface area contributed by atoms with E-state index in [1.165, 1.54) is 19.3 Å². The second kappa shape index (κ2) is 5.31. The van der Waals surface area contributed by atoms with Crippen molar-refractivity contribution < 1.29 is 9.84 Å². The van der Waals surface area contributed by atoms with Crippen LogP contribution >= 0.6 is 0 Å². The topological polar surface area (TPSA) is 29.5 Å². The second-order valence-electron chi connectivity index (χ2n) is 5.64. The Balaban J connectivity index is 2.32. The number of hydrogen-bond acceptors (Lipinski definition) is 2. The summed E-state index contributed by atoms with van der Waals surface area (Å²) in [6, 6.07) is 0. The Kier molecular flexibility index (Phi) is 4.60. The van der Waals surface area contributed by atoms with Crippen LogP contribution in [0.5, 0.6) is 0 Å². The zero-order valence-corrected chi connectivity index (χ0v) is 10.6. The molecule has 0 amide bonds. The predicted octanol–water partition coefficient (Wildman–Crippen LogP) is 2.99. The molecule has 1 aliphatic rings. The van der Waals surface area contributed by atoms with E-state index in [9.17, 15) is 5.11 Å². The first-order valence-electron chi connectivity index (χ1n) is 6.19. The van der Waals surface area contributed by atoms with Crippen molar-refractivity contribution in [3.63, 3.8) is 0 Å². The summed E-state index contributed by atoms with van der Waals surface area (Å²) in [4.78, 5) is 0. The summed E-state index contributed by atoms with van der Waals surface area (Å²) in [5, 5.41) is 10.1. The highest BCUT2D eigenvalue weighted by Crippen LogP contribution is 2.35. The highest BCUT2D eigenvalue weighted by molar-refractivity contribution is 4.81. The minimum atomic E-state index is -0.128. The van der Waals surface area contributed by atoms with Crippen LogP contribution in [0.3, 0.4) is 0 Å². The molecule has 2 nitrogen and oxygen atoms in total. The lowest BCUT2D eigenvalue weighted by Gasteiger charge is -2.27. The van der Waals surface area contributed by atoms with Crippen LogP contribution in [-0.4, -0.2) is 23.9 Å². The molecule has 0 saturated heterocycles. The van der Waals surface area contributed by atoms with Crippen LogP contribution in [0.2, 0.25) is 0 Å². The number of hydrogen-bond donors (Lipinski definition) is 1. The van der Waals surface area contributed by atoms with Crippen LogP contribution in [0.4, 0.5) is 0 Å². The molecular weight excluding hydrogens is 188 g/mol. The van der Waals surface area contributed by atoms with Gasteiger partial charge in [-0.05, 0) is 44.9 Å². The summed E-state index contributed by atoms with van der Waals surface area (Å²) in [5.41, 5.74) is -0.0944. The number of aliphatic hydroxyl groups excluding tert-OH is 1. The van der Waals surface area contributed by atoms with Gasteiger partial charge in [-0.3, -0.25) is 0 Å². The molecule has 0 spiro atoms. The van der Waals surface area contributed by atoms with E-state index in [1.807, 2.05) is 0 Å². The molecule has 0 aromatic heterocycles. The van der Waals surface area contributed by atoms with E-state index in [1.54, 1.807) is 7.11 Å². The van der Waals surface area contributed by atoms with E-state index in [0.717, 1.165) is 12.8 Å². The van der Waals surface area contributed by atoms with Crippen LogP contribution in [0.1, 0.15) is 52.9 Å². The fourth-order valence-corrected chi connectivity index (χ4v) is 2.56. The molecule has 0 heterocycles. The third kappa shape index (κ3) is 3.76. The maximum Gasteiger partial charge on any atom is 0.0623 e. The first kappa shape index (κ1) is 13.0. The Bertz CT molecular complexity index is 189. The highest BCUT2D eigenvalue weighted by atomic mass is 16.5. The average Bonchev–Trinajstić information content (AvgIpc) is 2.61. The Morgan fingerprint density at radius 3 is 2.53 bits per heavy atom. The maximum atomic E-state index is 10.1. The lowest BCUT2D eigenvalue weighted by atomic mass is 9.87. The lowest BCUT2D eigenvalue weighted by molar-refractivity contribution is -0.00666. The van der Waals surface area contributed by atoms with E-state index >= 15 is 0 Å². The van der Waals surface area contributed by atoms with Crippen molar-refractivity contribution in [3.8, 4) is 0 Å². The molecule has 1 fully saturated rings. The zero-order chi connectivity index (χ0) is 11.5. The lowest BCUT2D eigenvalue weighted by Crippen LogP contribution is -2.28. The summed E-state index contributed by atoms with van der Waals surface area (Å²) >= 11 is 0. The normalized spacial score (nSPS) is 29.4. The molecule has 0 aromatic rings. The van der Waals surface area contributed by atoms with Gasteiger partial charge in [-0.25, -0.2) is 0 Å². The van der Waals surface area contributed by atoms with Crippen molar-refractivity contribution in [1.82, 2.24) is 0 Å². The SMILES string of the molecule is COC(C)(C)CCC(O)C1CCCC1C. The summed E-state index contributed by atoms with van der Waals surface area (Å²) in [7, 11) is 1.74. The van der Waals surface area contributed by atoms with Gasteiger partial charge in [-0.2, -0.15) is 0 Å². The zero-order valence-electron chi connectivity index (χ0n) is 10.6. The Hall–Kier alpha value is -0.0800. The Labute approximate surface area is 94.0 Å². The third-order valence-corrected chi connectivity index (χ3v) is 4.02. The van der Waals surface area contributed by atoms with Gasteiger partial charge >= 0.3 is 0 Å². The first-order chi connectivity index (χ1) is 6.96. The molecular formula is C13H26O2. The monoisotopic (exact) mass is 214 g/mol.